The van der Waals surface area contributed by atoms with E-state index >= 15 is 0 Å². The summed E-state index contributed by atoms with van der Waals surface area (Å²) in [4.78, 5) is 38.0. The minimum atomic E-state index is -0.762. The number of rotatable bonds is 50. The summed E-state index contributed by atoms with van der Waals surface area (Å²) in [6.07, 6.45) is 51.0. The smallest absolute Gasteiger partial charge is 0.306 e. The van der Waals surface area contributed by atoms with Crippen LogP contribution in [0.1, 0.15) is 311 Å². The van der Waals surface area contributed by atoms with Gasteiger partial charge in [-0.05, 0) is 31.1 Å². The van der Waals surface area contributed by atoms with Crippen LogP contribution >= 0.6 is 0 Å². The van der Waals surface area contributed by atoms with Gasteiger partial charge in [-0.25, -0.2) is 0 Å². The molecule has 0 unspecified atom stereocenters. The van der Waals surface area contributed by atoms with Crippen molar-refractivity contribution >= 4 is 17.9 Å². The number of ether oxygens (including phenoxy) is 3. The van der Waals surface area contributed by atoms with Crippen LogP contribution in [0.3, 0.4) is 0 Å². The van der Waals surface area contributed by atoms with E-state index in [1.165, 1.54) is 199 Å². The van der Waals surface area contributed by atoms with Crippen LogP contribution in [0, 0.1) is 11.8 Å². The monoisotopic (exact) mass is 877 g/mol. The molecule has 0 aromatic heterocycles. The third-order valence-corrected chi connectivity index (χ3v) is 12.7. The Hall–Kier alpha value is -1.59. The van der Waals surface area contributed by atoms with E-state index in [2.05, 4.69) is 34.6 Å². The number of carbonyl (C=O) groups excluding carboxylic acids is 3. The SMILES string of the molecule is CCCCCCCCCCCCCCCCCCCCC(=O)OC[C@@H](COC(=O)CCCCCCCCCCCC(C)C)OC(=O)CCCCCCCCCCCCCC(C)C. The fourth-order valence-electron chi connectivity index (χ4n) is 8.52. The van der Waals surface area contributed by atoms with Crippen molar-refractivity contribution in [3.8, 4) is 0 Å². The van der Waals surface area contributed by atoms with Crippen LogP contribution in [0.25, 0.3) is 0 Å². The van der Waals surface area contributed by atoms with E-state index in [9.17, 15) is 14.4 Å². The third kappa shape index (κ3) is 49.4. The van der Waals surface area contributed by atoms with E-state index in [1.54, 1.807) is 0 Å². The molecule has 0 aliphatic rings. The van der Waals surface area contributed by atoms with Crippen molar-refractivity contribution in [1.29, 1.82) is 0 Å². The first-order valence-electron chi connectivity index (χ1n) is 27.7. The lowest BCUT2D eigenvalue weighted by molar-refractivity contribution is -0.167. The van der Waals surface area contributed by atoms with Crippen molar-refractivity contribution in [1.82, 2.24) is 0 Å². The predicted molar refractivity (Wildman–Crippen MR) is 266 cm³/mol. The van der Waals surface area contributed by atoms with Gasteiger partial charge in [0.15, 0.2) is 6.10 Å². The highest BCUT2D eigenvalue weighted by Crippen LogP contribution is 2.18. The van der Waals surface area contributed by atoms with E-state index in [0.29, 0.717) is 19.3 Å². The van der Waals surface area contributed by atoms with Crippen molar-refractivity contribution in [2.24, 2.45) is 11.8 Å². The van der Waals surface area contributed by atoms with Crippen LogP contribution in [0.5, 0.6) is 0 Å². The second-order valence-electron chi connectivity index (χ2n) is 20.2. The number of esters is 3. The average molecular weight is 877 g/mol. The molecule has 1 atom stereocenters. The quantitative estimate of drug-likeness (QED) is 0.0344. The Morgan fingerprint density at radius 1 is 0.306 bits per heavy atom. The summed E-state index contributed by atoms with van der Waals surface area (Å²) in [7, 11) is 0. The zero-order valence-corrected chi connectivity index (χ0v) is 42.5. The van der Waals surface area contributed by atoms with Gasteiger partial charge in [0, 0.05) is 19.3 Å². The molecule has 0 aliphatic carbocycles. The molecule has 6 nitrogen and oxygen atoms in total. The van der Waals surface area contributed by atoms with Gasteiger partial charge in [0.2, 0.25) is 0 Å². The maximum Gasteiger partial charge on any atom is 0.306 e. The molecule has 0 radical (unpaired) electrons. The second kappa shape index (κ2) is 48.9. The molecule has 0 fully saturated rings. The van der Waals surface area contributed by atoms with Crippen LogP contribution in [0.4, 0.5) is 0 Å². The largest absolute Gasteiger partial charge is 0.462 e. The molecule has 0 aliphatic heterocycles. The fraction of sp³-hybridized carbons (Fsp3) is 0.946. The van der Waals surface area contributed by atoms with Crippen LogP contribution < -0.4 is 0 Å². The highest BCUT2D eigenvalue weighted by molar-refractivity contribution is 5.71. The van der Waals surface area contributed by atoms with Crippen LogP contribution in [-0.2, 0) is 28.6 Å². The summed E-state index contributed by atoms with van der Waals surface area (Å²) < 4.78 is 16.9. The van der Waals surface area contributed by atoms with E-state index in [1.807, 2.05) is 0 Å². The number of unbranched alkanes of at least 4 members (excludes halogenated alkanes) is 35. The molecule has 0 amide bonds. The lowest BCUT2D eigenvalue weighted by Crippen LogP contribution is -2.30. The number of carbonyl (C=O) groups is 3. The zero-order chi connectivity index (χ0) is 45.4. The van der Waals surface area contributed by atoms with Gasteiger partial charge in [-0.15, -0.1) is 0 Å². The minimum Gasteiger partial charge on any atom is -0.462 e. The van der Waals surface area contributed by atoms with Gasteiger partial charge in [0.1, 0.15) is 13.2 Å². The first-order chi connectivity index (χ1) is 30.2. The highest BCUT2D eigenvalue weighted by Gasteiger charge is 2.19. The highest BCUT2D eigenvalue weighted by atomic mass is 16.6. The first kappa shape index (κ1) is 60.4. The predicted octanol–water partition coefficient (Wildman–Crippen LogP) is 18.1. The summed E-state index contributed by atoms with van der Waals surface area (Å²) in [5, 5.41) is 0. The van der Waals surface area contributed by atoms with Crippen molar-refractivity contribution in [3.05, 3.63) is 0 Å². The van der Waals surface area contributed by atoms with Gasteiger partial charge in [0.05, 0.1) is 0 Å². The molecule has 6 heteroatoms. The van der Waals surface area contributed by atoms with E-state index in [-0.39, 0.29) is 31.1 Å². The van der Waals surface area contributed by atoms with Gasteiger partial charge in [-0.3, -0.25) is 14.4 Å². The lowest BCUT2D eigenvalue weighted by atomic mass is 10.0. The van der Waals surface area contributed by atoms with Crippen LogP contribution in [-0.4, -0.2) is 37.2 Å². The Morgan fingerprint density at radius 3 is 0.790 bits per heavy atom. The first-order valence-corrected chi connectivity index (χ1v) is 27.7. The minimum absolute atomic E-state index is 0.0634. The zero-order valence-electron chi connectivity index (χ0n) is 42.5. The molecular weight excluding hydrogens is 769 g/mol. The molecule has 0 spiro atoms. The molecule has 368 valence electrons. The Balaban J connectivity index is 4.28. The molecule has 0 N–H and O–H groups in total. The summed E-state index contributed by atoms with van der Waals surface area (Å²) in [6.45, 7) is 11.4. The van der Waals surface area contributed by atoms with Gasteiger partial charge >= 0.3 is 17.9 Å². The van der Waals surface area contributed by atoms with E-state index in [4.69, 9.17) is 14.2 Å². The fourth-order valence-corrected chi connectivity index (χ4v) is 8.52. The van der Waals surface area contributed by atoms with E-state index < -0.39 is 6.10 Å². The third-order valence-electron chi connectivity index (χ3n) is 12.7. The topological polar surface area (TPSA) is 78.9 Å². The number of hydrogen-bond acceptors (Lipinski definition) is 6. The normalized spacial score (nSPS) is 12.0. The van der Waals surface area contributed by atoms with Crippen molar-refractivity contribution in [2.75, 3.05) is 13.2 Å². The molecule has 0 rings (SSSR count). The molecule has 0 saturated heterocycles. The Morgan fingerprint density at radius 2 is 0.532 bits per heavy atom. The Kier molecular flexibility index (Phi) is 47.6. The summed E-state index contributed by atoms with van der Waals surface area (Å²) in [6, 6.07) is 0. The van der Waals surface area contributed by atoms with E-state index in [0.717, 1.165) is 69.6 Å². The summed E-state index contributed by atoms with van der Waals surface area (Å²) in [5.74, 6) is 0.788. The van der Waals surface area contributed by atoms with Crippen molar-refractivity contribution < 1.29 is 28.6 Å². The van der Waals surface area contributed by atoms with Gasteiger partial charge < -0.3 is 14.2 Å². The standard InChI is InChI=1S/C56H108O6/c1-6-7-8-9-10-11-12-13-14-15-16-17-18-21-26-31-36-41-46-54(57)60-49-53(50-61-55(58)47-42-37-32-28-23-25-30-35-40-45-52(4)5)62-56(59)48-43-38-33-27-22-19-20-24-29-34-39-44-51(2)3/h51-53H,6-50H2,1-5H3/t53-/m0/s1. The Labute approximate surface area is 387 Å². The van der Waals surface area contributed by atoms with Crippen LogP contribution in [0.2, 0.25) is 0 Å². The summed E-state index contributed by atoms with van der Waals surface area (Å²) in [5.41, 5.74) is 0. The van der Waals surface area contributed by atoms with Gasteiger partial charge in [0.25, 0.3) is 0 Å². The lowest BCUT2D eigenvalue weighted by Gasteiger charge is -2.18. The second-order valence-corrected chi connectivity index (χ2v) is 20.2. The van der Waals surface area contributed by atoms with Gasteiger partial charge in [-0.1, -0.05) is 272 Å². The molecule has 0 saturated carbocycles. The van der Waals surface area contributed by atoms with Gasteiger partial charge in [-0.2, -0.15) is 0 Å². The van der Waals surface area contributed by atoms with Crippen molar-refractivity contribution in [3.63, 3.8) is 0 Å². The maximum absolute atomic E-state index is 12.8. The summed E-state index contributed by atoms with van der Waals surface area (Å²) >= 11 is 0. The number of hydrogen-bond donors (Lipinski definition) is 0. The molecule has 0 heterocycles. The van der Waals surface area contributed by atoms with Crippen molar-refractivity contribution in [2.45, 2.75) is 317 Å². The Bertz CT molecular complexity index is 947. The molecule has 0 aromatic carbocycles. The van der Waals surface area contributed by atoms with Crippen LogP contribution in [0.15, 0.2) is 0 Å². The molecule has 62 heavy (non-hydrogen) atoms. The molecule has 0 bridgehead atoms. The maximum atomic E-state index is 12.8. The molecule has 0 aromatic rings. The molecular formula is C56H108O6. The average Bonchev–Trinajstić information content (AvgIpc) is 3.24.